The number of alkyl halides is 2. The van der Waals surface area contributed by atoms with E-state index in [-0.39, 0.29) is 0 Å². The van der Waals surface area contributed by atoms with Gasteiger partial charge in [-0.05, 0) is 55.4 Å². The zero-order valence-corrected chi connectivity index (χ0v) is 28.0. The molecule has 1 unspecified atom stereocenters. The average Bonchev–Trinajstić information content (AvgIpc) is 3.46. The topological polar surface area (TPSA) is 0 Å². The first-order valence-electron chi connectivity index (χ1n) is 14.8. The molecule has 0 aliphatic heterocycles. The Balaban J connectivity index is 0.00000186. The maximum absolute atomic E-state index is 3.70. The Bertz CT molecular complexity index is 1190. The van der Waals surface area contributed by atoms with E-state index in [1.54, 1.807) is 0 Å². The Morgan fingerprint density at radius 2 is 1.11 bits per heavy atom. The van der Waals surface area contributed by atoms with Crippen LogP contribution >= 0.6 is 54.5 Å². The molecule has 4 rings (SSSR count). The Morgan fingerprint density at radius 1 is 0.649 bits per heavy atom. The van der Waals surface area contributed by atoms with Gasteiger partial charge in [0, 0.05) is 30.3 Å². The summed E-state index contributed by atoms with van der Waals surface area (Å²) in [5.41, 5.74) is 3.03. The lowest BCUT2D eigenvalue weighted by molar-refractivity contribution is 0.569. The summed E-state index contributed by atoms with van der Waals surface area (Å²) in [4.78, 5) is 0.649. The molecule has 0 bridgehead atoms. The minimum atomic E-state index is 0.649. The Hall–Kier alpha value is -0.420. The van der Waals surface area contributed by atoms with Gasteiger partial charge < -0.3 is 0 Å². The second-order valence-corrected chi connectivity index (χ2v) is 14.1. The van der Waals surface area contributed by atoms with Crippen LogP contribution in [0.5, 0.6) is 0 Å². The van der Waals surface area contributed by atoms with E-state index in [4.69, 9.17) is 0 Å². The first kappa shape index (κ1) is 31.1. The number of hydrogen-bond donors (Lipinski definition) is 0. The Morgan fingerprint density at radius 3 is 1.59 bits per heavy atom. The summed E-state index contributed by atoms with van der Waals surface area (Å²) in [7, 11) is 0. The number of benzene rings is 2. The van der Waals surface area contributed by atoms with Crippen molar-refractivity contribution in [3.63, 3.8) is 0 Å². The molecule has 204 valence electrons. The van der Waals surface area contributed by atoms with E-state index in [1.165, 1.54) is 131 Å². The quantitative estimate of drug-likeness (QED) is 0.0825. The Labute approximate surface area is 250 Å². The molecule has 1 atom stereocenters. The van der Waals surface area contributed by atoms with Gasteiger partial charge in [0.25, 0.3) is 0 Å². The highest BCUT2D eigenvalue weighted by atomic mass is 79.9. The van der Waals surface area contributed by atoms with Crippen LogP contribution in [0, 0.1) is 0 Å². The molecule has 0 N–H and O–H groups in total. The van der Waals surface area contributed by atoms with Crippen LogP contribution in [0.3, 0.4) is 0 Å². The van der Waals surface area contributed by atoms with Crippen molar-refractivity contribution in [2.45, 2.75) is 115 Å². The highest BCUT2D eigenvalue weighted by Crippen LogP contribution is 2.44. The van der Waals surface area contributed by atoms with Crippen LogP contribution in [0.4, 0.5) is 0 Å². The molecule has 0 aliphatic carbocycles. The van der Waals surface area contributed by atoms with Gasteiger partial charge in [0.05, 0.1) is 9.40 Å². The molecule has 0 fully saturated rings. The molecule has 4 aromatic rings. The van der Waals surface area contributed by atoms with Crippen molar-refractivity contribution < 1.29 is 0 Å². The highest BCUT2D eigenvalue weighted by Gasteiger charge is 2.13. The minimum Gasteiger partial charge on any atom is -0.134 e. The first-order chi connectivity index (χ1) is 18.2. The van der Waals surface area contributed by atoms with Gasteiger partial charge in [-0.2, -0.15) is 0 Å². The summed E-state index contributed by atoms with van der Waals surface area (Å²) in [6.07, 6.45) is 18.7. The van der Waals surface area contributed by atoms with Crippen molar-refractivity contribution in [1.29, 1.82) is 0 Å². The van der Waals surface area contributed by atoms with Crippen LogP contribution in [0.15, 0.2) is 36.4 Å². The lowest BCUT2D eigenvalue weighted by Gasteiger charge is -2.05. The molecule has 0 nitrogen and oxygen atoms in total. The van der Waals surface area contributed by atoms with Crippen molar-refractivity contribution in [2.75, 3.05) is 5.33 Å². The van der Waals surface area contributed by atoms with Crippen LogP contribution in [0.1, 0.15) is 109 Å². The standard InChI is InChI=1S/C31H40Br2S2.C2H6/c1-2-3-4-10-13-23-16-18-26-28(20-23)34-31-27-19-17-24(21-29(27)35-30(26)31)14-11-8-6-5-7-9-12-15-25(33)22-32;1-2/h16-21,25H,2-15,22H2,1H3;1-2H3. The van der Waals surface area contributed by atoms with Crippen LogP contribution < -0.4 is 0 Å². The van der Waals surface area contributed by atoms with Gasteiger partial charge in [0.15, 0.2) is 0 Å². The van der Waals surface area contributed by atoms with E-state index >= 15 is 0 Å². The van der Waals surface area contributed by atoms with Crippen molar-refractivity contribution >= 4 is 84.1 Å². The van der Waals surface area contributed by atoms with Gasteiger partial charge in [-0.1, -0.05) is 135 Å². The zero-order valence-electron chi connectivity index (χ0n) is 23.2. The van der Waals surface area contributed by atoms with Gasteiger partial charge in [0.1, 0.15) is 0 Å². The molecule has 0 saturated heterocycles. The van der Waals surface area contributed by atoms with Crippen LogP contribution in [0.25, 0.3) is 29.6 Å². The minimum absolute atomic E-state index is 0.649. The first-order valence-corrected chi connectivity index (χ1v) is 18.4. The molecular weight excluding hydrogens is 620 g/mol. The van der Waals surface area contributed by atoms with E-state index in [9.17, 15) is 0 Å². The van der Waals surface area contributed by atoms with Crippen molar-refractivity contribution in [3.8, 4) is 0 Å². The molecule has 0 spiro atoms. The lowest BCUT2D eigenvalue weighted by Crippen LogP contribution is -1.97. The number of aryl methyl sites for hydroxylation is 2. The number of unbranched alkanes of at least 4 members (excludes halogenated alkanes) is 9. The fourth-order valence-corrected chi connectivity index (χ4v) is 8.50. The summed E-state index contributed by atoms with van der Waals surface area (Å²) < 4.78 is 5.94. The average molecular weight is 667 g/mol. The molecule has 0 amide bonds. The normalized spacial score (nSPS) is 12.4. The predicted molar refractivity (Wildman–Crippen MR) is 181 cm³/mol. The number of hydrogen-bond acceptors (Lipinski definition) is 2. The van der Waals surface area contributed by atoms with E-state index < -0.39 is 0 Å². The summed E-state index contributed by atoms with van der Waals surface area (Å²) in [6.45, 7) is 6.29. The second-order valence-electron chi connectivity index (χ2n) is 10.1. The van der Waals surface area contributed by atoms with Crippen LogP contribution in [0.2, 0.25) is 0 Å². The second kappa shape index (κ2) is 17.3. The number of fused-ring (bicyclic) bond motifs is 5. The highest BCUT2D eigenvalue weighted by molar-refractivity contribution is 9.12. The number of rotatable bonds is 16. The van der Waals surface area contributed by atoms with Gasteiger partial charge >= 0.3 is 0 Å². The van der Waals surface area contributed by atoms with Gasteiger partial charge in [-0.3, -0.25) is 0 Å². The smallest absolute Gasteiger partial charge is 0.0542 e. The third-order valence-corrected chi connectivity index (χ3v) is 12.1. The largest absolute Gasteiger partial charge is 0.134 e. The van der Waals surface area contributed by atoms with Gasteiger partial charge in [0.2, 0.25) is 0 Å². The predicted octanol–water partition coefficient (Wildman–Crippen LogP) is 13.2. The molecule has 0 saturated carbocycles. The van der Waals surface area contributed by atoms with Gasteiger partial charge in [-0.25, -0.2) is 0 Å². The maximum Gasteiger partial charge on any atom is 0.0542 e. The maximum atomic E-state index is 3.70. The SMILES string of the molecule is CC.CCCCCCc1ccc2c(c1)sc1c3ccc(CCCCCCCCCC(Br)CBr)cc3sc21. The fourth-order valence-electron chi connectivity index (χ4n) is 5.07. The zero-order chi connectivity index (χ0) is 26.5. The third-order valence-electron chi connectivity index (χ3n) is 7.18. The molecule has 2 heterocycles. The number of halogens is 2. The van der Waals surface area contributed by atoms with E-state index in [0.29, 0.717) is 4.83 Å². The number of thiophene rings is 2. The van der Waals surface area contributed by atoms with Gasteiger partial charge in [-0.15, -0.1) is 22.7 Å². The molecule has 37 heavy (non-hydrogen) atoms. The van der Waals surface area contributed by atoms with E-state index in [1.807, 2.05) is 36.5 Å². The Kier molecular flexibility index (Phi) is 14.6. The monoisotopic (exact) mass is 664 g/mol. The van der Waals surface area contributed by atoms with Crippen molar-refractivity contribution in [2.24, 2.45) is 0 Å². The molecular formula is C33H46Br2S2. The fraction of sp³-hybridized carbons (Fsp3) is 0.576. The van der Waals surface area contributed by atoms with Crippen molar-refractivity contribution in [3.05, 3.63) is 47.5 Å². The summed E-state index contributed by atoms with van der Waals surface area (Å²) >= 11 is 11.3. The van der Waals surface area contributed by atoms with Crippen LogP contribution in [-0.4, -0.2) is 10.2 Å². The lowest BCUT2D eigenvalue weighted by atomic mass is 10.0. The molecule has 2 aromatic carbocycles. The molecule has 2 aromatic heterocycles. The molecule has 4 heteroatoms. The third kappa shape index (κ3) is 9.33. The molecule has 0 radical (unpaired) electrons. The summed E-state index contributed by atoms with van der Waals surface area (Å²) in [6, 6.07) is 14.5. The van der Waals surface area contributed by atoms with Crippen molar-refractivity contribution in [1.82, 2.24) is 0 Å². The molecule has 0 aliphatic rings. The van der Waals surface area contributed by atoms with E-state index in [2.05, 4.69) is 75.2 Å². The summed E-state index contributed by atoms with van der Waals surface area (Å²) in [5.74, 6) is 0. The van der Waals surface area contributed by atoms with Crippen LogP contribution in [-0.2, 0) is 12.8 Å². The van der Waals surface area contributed by atoms with E-state index in [0.717, 1.165) is 5.33 Å². The summed E-state index contributed by atoms with van der Waals surface area (Å²) in [5, 5.41) is 3.99.